The number of rotatable bonds is 4. The van der Waals surface area contributed by atoms with Crippen LogP contribution in [0.3, 0.4) is 0 Å². The molecular weight excluding hydrogens is 220 g/mol. The van der Waals surface area contributed by atoms with Gasteiger partial charge in [0, 0.05) is 18.2 Å². The van der Waals surface area contributed by atoms with Gasteiger partial charge < -0.3 is 20.1 Å². The van der Waals surface area contributed by atoms with Gasteiger partial charge in [0.25, 0.3) is 0 Å². The largest absolute Gasteiger partial charge is 0.497 e. The fraction of sp³-hybridized carbons (Fsp3) is 0.417. The van der Waals surface area contributed by atoms with Gasteiger partial charge in [-0.2, -0.15) is 0 Å². The number of ether oxygens (including phenoxy) is 1. The molecule has 5 nitrogen and oxygen atoms in total. The number of carbonyl (C=O) groups is 1. The van der Waals surface area contributed by atoms with E-state index in [1.165, 1.54) is 0 Å². The van der Waals surface area contributed by atoms with E-state index in [1.54, 1.807) is 19.1 Å². The van der Waals surface area contributed by atoms with Gasteiger partial charge >= 0.3 is 0 Å². The molecule has 1 amide bonds. The Morgan fingerprint density at radius 3 is 2.88 bits per heavy atom. The van der Waals surface area contributed by atoms with E-state index in [0.717, 1.165) is 11.3 Å². The van der Waals surface area contributed by atoms with Gasteiger partial charge in [0.2, 0.25) is 5.91 Å². The third-order valence-electron chi connectivity index (χ3n) is 2.96. The first-order valence-electron chi connectivity index (χ1n) is 5.50. The first-order chi connectivity index (χ1) is 8.22. The Kier molecular flexibility index (Phi) is 3.31. The molecule has 1 aliphatic heterocycles. The minimum Gasteiger partial charge on any atom is -0.497 e. The van der Waals surface area contributed by atoms with Gasteiger partial charge in [0.1, 0.15) is 11.8 Å². The first kappa shape index (κ1) is 11.9. The van der Waals surface area contributed by atoms with Crippen LogP contribution in [0.25, 0.3) is 0 Å². The fourth-order valence-electron chi connectivity index (χ4n) is 2.15. The van der Waals surface area contributed by atoms with Gasteiger partial charge in [-0.1, -0.05) is 6.07 Å². The van der Waals surface area contributed by atoms with E-state index in [9.17, 15) is 4.79 Å². The van der Waals surface area contributed by atoms with Crippen molar-refractivity contribution in [2.75, 3.05) is 32.2 Å². The molecule has 0 aromatic heterocycles. The number of aliphatic hydroxyl groups excluding tert-OH is 1. The third kappa shape index (κ3) is 1.87. The number of anilines is 1. The lowest BCUT2D eigenvalue weighted by Gasteiger charge is -2.16. The number of nitrogens with one attached hydrogen (secondary N) is 1. The van der Waals surface area contributed by atoms with E-state index in [4.69, 9.17) is 9.84 Å². The zero-order valence-electron chi connectivity index (χ0n) is 9.93. The smallest absolute Gasteiger partial charge is 0.248 e. The van der Waals surface area contributed by atoms with Crippen LogP contribution in [0.4, 0.5) is 5.69 Å². The van der Waals surface area contributed by atoms with E-state index in [1.807, 2.05) is 18.2 Å². The molecule has 0 saturated heterocycles. The highest BCUT2D eigenvalue weighted by Gasteiger charge is 2.36. The summed E-state index contributed by atoms with van der Waals surface area (Å²) < 4.78 is 5.15. The Morgan fingerprint density at radius 2 is 2.29 bits per heavy atom. The number of methoxy groups -OCH3 is 1. The van der Waals surface area contributed by atoms with Crippen LogP contribution < -0.4 is 15.0 Å². The van der Waals surface area contributed by atoms with E-state index >= 15 is 0 Å². The summed E-state index contributed by atoms with van der Waals surface area (Å²) in [4.78, 5) is 13.7. The average molecular weight is 236 g/mol. The first-order valence-corrected chi connectivity index (χ1v) is 5.50. The van der Waals surface area contributed by atoms with Crippen LogP contribution in [-0.4, -0.2) is 38.3 Å². The second-order valence-electron chi connectivity index (χ2n) is 3.86. The number of fused-ring (bicyclic) bond motifs is 1. The van der Waals surface area contributed by atoms with Crippen molar-refractivity contribution in [3.8, 4) is 5.75 Å². The lowest BCUT2D eigenvalue weighted by molar-refractivity contribution is -0.120. The zero-order chi connectivity index (χ0) is 12.4. The van der Waals surface area contributed by atoms with E-state index in [0.29, 0.717) is 12.3 Å². The van der Waals surface area contributed by atoms with Crippen LogP contribution >= 0.6 is 0 Å². The van der Waals surface area contributed by atoms with Crippen molar-refractivity contribution in [2.24, 2.45) is 0 Å². The summed E-state index contributed by atoms with van der Waals surface area (Å²) >= 11 is 0. The van der Waals surface area contributed by atoms with Crippen molar-refractivity contribution < 1.29 is 14.6 Å². The third-order valence-corrected chi connectivity index (χ3v) is 2.96. The Labute approximate surface area is 100.0 Å². The molecule has 0 radical (unpaired) electrons. The summed E-state index contributed by atoms with van der Waals surface area (Å²) in [6, 6.07) is 5.20. The molecule has 0 saturated carbocycles. The molecule has 5 heteroatoms. The highest BCUT2D eigenvalue weighted by atomic mass is 16.5. The monoisotopic (exact) mass is 236 g/mol. The molecule has 1 aromatic rings. The summed E-state index contributed by atoms with van der Waals surface area (Å²) in [6.45, 7) is 0.246. The minimum absolute atomic E-state index is 0.0372. The summed E-state index contributed by atoms with van der Waals surface area (Å²) in [7, 11) is 3.34. The topological polar surface area (TPSA) is 61.8 Å². The van der Waals surface area contributed by atoms with Crippen molar-refractivity contribution in [3.63, 3.8) is 0 Å². The van der Waals surface area contributed by atoms with Crippen LogP contribution in [0.2, 0.25) is 0 Å². The number of amides is 1. The quantitative estimate of drug-likeness (QED) is 0.789. The maximum absolute atomic E-state index is 12.1. The number of benzene rings is 1. The van der Waals surface area contributed by atoms with Gasteiger partial charge in [0.05, 0.1) is 19.4 Å². The van der Waals surface area contributed by atoms with Gasteiger partial charge in [-0.3, -0.25) is 4.79 Å². The van der Waals surface area contributed by atoms with E-state index in [2.05, 4.69) is 5.32 Å². The Balaban J connectivity index is 2.45. The number of hydrogen-bond acceptors (Lipinski definition) is 4. The van der Waals surface area contributed by atoms with Crippen molar-refractivity contribution in [2.45, 2.75) is 6.04 Å². The van der Waals surface area contributed by atoms with Gasteiger partial charge in [0.15, 0.2) is 0 Å². The number of nitrogens with zero attached hydrogens (tertiary/aromatic N) is 1. The van der Waals surface area contributed by atoms with E-state index < -0.39 is 0 Å². The summed E-state index contributed by atoms with van der Waals surface area (Å²) in [5.41, 5.74) is 1.73. The maximum Gasteiger partial charge on any atom is 0.248 e. The predicted molar refractivity (Wildman–Crippen MR) is 64.2 cm³/mol. The maximum atomic E-state index is 12.1. The normalized spacial score (nSPS) is 18.4. The lowest BCUT2D eigenvalue weighted by atomic mass is 10.1. The highest BCUT2D eigenvalue weighted by Crippen LogP contribution is 2.37. The second-order valence-corrected chi connectivity index (χ2v) is 3.86. The number of carbonyl (C=O) groups excluding carboxylic acids is 1. The van der Waals surface area contributed by atoms with Crippen LogP contribution in [0.1, 0.15) is 11.6 Å². The molecule has 0 spiro atoms. The van der Waals surface area contributed by atoms with Crippen molar-refractivity contribution in [1.82, 2.24) is 5.32 Å². The molecule has 2 rings (SSSR count). The van der Waals surface area contributed by atoms with Crippen molar-refractivity contribution in [1.29, 1.82) is 0 Å². The highest BCUT2D eigenvalue weighted by molar-refractivity contribution is 6.04. The molecule has 1 aliphatic rings. The van der Waals surface area contributed by atoms with Gasteiger partial charge in [-0.15, -0.1) is 0 Å². The molecule has 1 atom stereocenters. The number of β-amino-alcohol motifs (C(OH)–C–C–N with tert-alkyl or cyclic N) is 1. The van der Waals surface area contributed by atoms with Crippen LogP contribution in [-0.2, 0) is 4.79 Å². The lowest BCUT2D eigenvalue weighted by Crippen LogP contribution is -2.35. The average Bonchev–Trinajstić information content (AvgIpc) is 2.62. The zero-order valence-corrected chi connectivity index (χ0v) is 9.93. The molecule has 1 aromatic carbocycles. The van der Waals surface area contributed by atoms with Crippen LogP contribution in [0, 0.1) is 0 Å². The Bertz CT molecular complexity index is 434. The summed E-state index contributed by atoms with van der Waals surface area (Å²) in [5.74, 6) is 0.668. The standard InChI is InChI=1S/C12H16N2O3/c1-13-11-9-4-3-8(17-2)7-10(9)14(5-6-15)12(11)16/h3-4,7,11,13,15H,5-6H2,1-2H3. The van der Waals surface area contributed by atoms with Gasteiger partial charge in [-0.25, -0.2) is 0 Å². The fourth-order valence-corrected chi connectivity index (χ4v) is 2.15. The molecule has 0 aliphatic carbocycles. The van der Waals surface area contributed by atoms with Crippen molar-refractivity contribution in [3.05, 3.63) is 23.8 Å². The van der Waals surface area contributed by atoms with Crippen LogP contribution in [0.5, 0.6) is 5.75 Å². The predicted octanol–water partition coefficient (Wildman–Crippen LogP) is 0.295. The Morgan fingerprint density at radius 1 is 1.53 bits per heavy atom. The molecule has 0 fully saturated rings. The molecule has 2 N–H and O–H groups in total. The SMILES string of the molecule is CNC1C(=O)N(CCO)c2cc(OC)ccc21. The minimum atomic E-state index is -0.331. The number of hydrogen-bond donors (Lipinski definition) is 2. The van der Waals surface area contributed by atoms with Crippen molar-refractivity contribution >= 4 is 11.6 Å². The number of likely N-dealkylation sites (N-methyl/N-ethyl adjacent to an activating group) is 1. The van der Waals surface area contributed by atoms with E-state index in [-0.39, 0.29) is 18.6 Å². The van der Waals surface area contributed by atoms with Gasteiger partial charge in [-0.05, 0) is 13.1 Å². The molecule has 0 bridgehead atoms. The Hall–Kier alpha value is -1.59. The summed E-state index contributed by atoms with van der Waals surface area (Å²) in [6.07, 6.45) is 0. The second kappa shape index (κ2) is 4.73. The number of aliphatic hydroxyl groups is 1. The molecule has 92 valence electrons. The molecular formula is C12H16N2O3. The molecule has 1 unspecified atom stereocenters. The molecule has 1 heterocycles. The van der Waals surface area contributed by atoms with Crippen LogP contribution in [0.15, 0.2) is 18.2 Å². The summed E-state index contributed by atoms with van der Waals surface area (Å²) in [5, 5.41) is 12.0. The molecule has 17 heavy (non-hydrogen) atoms.